The van der Waals surface area contributed by atoms with Crippen LogP contribution in [0.25, 0.3) is 0 Å². The van der Waals surface area contributed by atoms with Crippen molar-refractivity contribution in [3.63, 3.8) is 0 Å². The van der Waals surface area contributed by atoms with Crippen LogP contribution in [0.2, 0.25) is 0 Å². The first-order valence-corrected chi connectivity index (χ1v) is 9.62. The van der Waals surface area contributed by atoms with Gasteiger partial charge in [-0.2, -0.15) is 0 Å². The molecule has 2 aromatic rings. The second-order valence-corrected chi connectivity index (χ2v) is 7.89. The molecule has 0 radical (unpaired) electrons. The number of carbonyl (C=O) groups excluding carboxylic acids is 1. The van der Waals surface area contributed by atoms with Crippen LogP contribution in [0.5, 0.6) is 5.75 Å². The number of Topliss-reactive ketones (excluding diaryl/α,β-unsaturated/α-hetero) is 1. The number of rotatable bonds is 5. The van der Waals surface area contributed by atoms with Crippen molar-refractivity contribution in [1.82, 2.24) is 4.98 Å². The van der Waals surface area contributed by atoms with Crippen molar-refractivity contribution < 1.29 is 13.9 Å². The number of hydrogen-bond donors (Lipinski definition) is 1. The molecule has 29 heavy (non-hydrogen) atoms. The highest BCUT2D eigenvalue weighted by molar-refractivity contribution is 8.13. The number of benzene rings is 1. The summed E-state index contributed by atoms with van der Waals surface area (Å²) in [6.45, 7) is 3.69. The average molecular weight is 460 g/mol. The first-order chi connectivity index (χ1) is 12.8. The maximum Gasteiger partial charge on any atom is 0.185 e. The predicted molar refractivity (Wildman–Crippen MR) is 121 cm³/mol. The van der Waals surface area contributed by atoms with Gasteiger partial charge in [-0.3, -0.25) is 9.79 Å². The Morgan fingerprint density at radius 1 is 1.34 bits per heavy atom. The minimum absolute atomic E-state index is 0. The van der Waals surface area contributed by atoms with E-state index >= 15 is 0 Å². The molecule has 0 amide bonds. The second kappa shape index (κ2) is 10.3. The molecule has 2 heterocycles. The number of halogens is 3. The summed E-state index contributed by atoms with van der Waals surface area (Å²) in [6, 6.07) is 6.52. The zero-order chi connectivity index (χ0) is 19.6. The SMILES string of the molecule is COc1cnc(C(=O)Cc2ccc(F)c([C@]3(C)CCSC(N)=N3)c2)c(C)c1.Cl.Cl. The predicted octanol–water partition coefficient (Wildman–Crippen LogP) is 4.47. The Balaban J connectivity index is 0.00000210. The highest BCUT2D eigenvalue weighted by Crippen LogP contribution is 2.36. The van der Waals surface area contributed by atoms with Gasteiger partial charge in [0, 0.05) is 17.7 Å². The third kappa shape index (κ3) is 5.62. The molecule has 9 heteroatoms. The molecule has 158 valence electrons. The van der Waals surface area contributed by atoms with Gasteiger partial charge in [0.25, 0.3) is 0 Å². The molecular weight excluding hydrogens is 436 g/mol. The fraction of sp³-hybridized carbons (Fsp3) is 0.350. The molecule has 2 N–H and O–H groups in total. The quantitative estimate of drug-likeness (QED) is 0.667. The molecule has 0 bridgehead atoms. The van der Waals surface area contributed by atoms with Crippen molar-refractivity contribution in [1.29, 1.82) is 0 Å². The van der Waals surface area contributed by atoms with Crippen LogP contribution in [0.15, 0.2) is 35.5 Å². The zero-order valence-electron chi connectivity index (χ0n) is 16.4. The lowest BCUT2D eigenvalue weighted by Gasteiger charge is -2.30. The van der Waals surface area contributed by atoms with E-state index in [2.05, 4.69) is 9.98 Å². The van der Waals surface area contributed by atoms with Crippen LogP contribution >= 0.6 is 36.6 Å². The summed E-state index contributed by atoms with van der Waals surface area (Å²) >= 11 is 1.47. The monoisotopic (exact) mass is 459 g/mol. The number of ketones is 1. The van der Waals surface area contributed by atoms with E-state index in [1.165, 1.54) is 24.0 Å². The largest absolute Gasteiger partial charge is 0.495 e. The lowest BCUT2D eigenvalue weighted by molar-refractivity contribution is 0.0987. The van der Waals surface area contributed by atoms with Crippen LogP contribution in [-0.2, 0) is 12.0 Å². The minimum atomic E-state index is -0.716. The third-order valence-corrected chi connectivity index (χ3v) is 5.52. The smallest absolute Gasteiger partial charge is 0.185 e. The number of pyridine rings is 1. The summed E-state index contributed by atoms with van der Waals surface area (Å²) in [5, 5.41) is 0.461. The van der Waals surface area contributed by atoms with E-state index in [4.69, 9.17) is 10.5 Å². The number of ether oxygens (including phenoxy) is 1. The Morgan fingerprint density at radius 2 is 2.07 bits per heavy atom. The normalized spacial score (nSPS) is 18.1. The van der Waals surface area contributed by atoms with Gasteiger partial charge in [0.2, 0.25) is 0 Å². The molecule has 0 fully saturated rings. The fourth-order valence-electron chi connectivity index (χ4n) is 3.20. The Labute approximate surface area is 186 Å². The Bertz CT molecular complexity index is 927. The number of aryl methyl sites for hydroxylation is 1. The van der Waals surface area contributed by atoms with E-state index in [1.807, 2.05) is 13.8 Å². The van der Waals surface area contributed by atoms with Gasteiger partial charge >= 0.3 is 0 Å². The van der Waals surface area contributed by atoms with Crippen LogP contribution in [0, 0.1) is 12.7 Å². The van der Waals surface area contributed by atoms with Crippen molar-refractivity contribution in [2.75, 3.05) is 12.9 Å². The Morgan fingerprint density at radius 3 is 2.69 bits per heavy atom. The number of hydrogen-bond acceptors (Lipinski definition) is 6. The Hall–Kier alpha value is -1.83. The molecule has 0 saturated carbocycles. The van der Waals surface area contributed by atoms with Crippen molar-refractivity contribution >= 4 is 47.5 Å². The van der Waals surface area contributed by atoms with E-state index in [0.29, 0.717) is 28.6 Å². The van der Waals surface area contributed by atoms with Gasteiger partial charge in [-0.25, -0.2) is 9.37 Å². The van der Waals surface area contributed by atoms with Gasteiger partial charge in [-0.15, -0.1) is 24.8 Å². The number of aliphatic imine (C=N–C) groups is 1. The molecule has 1 aromatic heterocycles. The molecule has 3 rings (SSSR count). The van der Waals surface area contributed by atoms with Gasteiger partial charge in [-0.1, -0.05) is 17.8 Å². The van der Waals surface area contributed by atoms with Crippen molar-refractivity contribution in [2.24, 2.45) is 10.7 Å². The number of amidine groups is 1. The molecule has 1 atom stereocenters. The van der Waals surface area contributed by atoms with E-state index in [1.54, 1.807) is 25.3 Å². The number of aromatic nitrogens is 1. The van der Waals surface area contributed by atoms with Crippen molar-refractivity contribution in [3.05, 3.63) is 58.7 Å². The number of carbonyl (C=O) groups is 1. The van der Waals surface area contributed by atoms with E-state index in [9.17, 15) is 9.18 Å². The summed E-state index contributed by atoms with van der Waals surface area (Å²) in [4.78, 5) is 21.4. The van der Waals surface area contributed by atoms with Crippen LogP contribution in [0.4, 0.5) is 4.39 Å². The fourth-order valence-corrected chi connectivity index (χ4v) is 4.17. The molecule has 0 spiro atoms. The Kier molecular flexibility index (Phi) is 8.93. The van der Waals surface area contributed by atoms with Crippen molar-refractivity contribution in [2.45, 2.75) is 32.2 Å². The molecule has 0 aliphatic carbocycles. The van der Waals surface area contributed by atoms with E-state index in [-0.39, 0.29) is 42.8 Å². The second-order valence-electron chi connectivity index (χ2n) is 6.78. The van der Waals surface area contributed by atoms with E-state index < -0.39 is 5.54 Å². The topological polar surface area (TPSA) is 77.6 Å². The minimum Gasteiger partial charge on any atom is -0.495 e. The first-order valence-electron chi connectivity index (χ1n) is 8.63. The van der Waals surface area contributed by atoms with Gasteiger partial charge in [0.05, 0.1) is 18.8 Å². The number of methoxy groups -OCH3 is 1. The summed E-state index contributed by atoms with van der Waals surface area (Å²) in [6.07, 6.45) is 2.35. The number of thioether (sulfide) groups is 1. The summed E-state index contributed by atoms with van der Waals surface area (Å²) in [7, 11) is 1.55. The zero-order valence-corrected chi connectivity index (χ0v) is 18.8. The molecule has 1 aliphatic rings. The first kappa shape index (κ1) is 25.2. The number of nitrogens with zero attached hydrogens (tertiary/aromatic N) is 2. The van der Waals surface area contributed by atoms with Gasteiger partial charge in [0.15, 0.2) is 11.0 Å². The summed E-state index contributed by atoms with van der Waals surface area (Å²) < 4.78 is 19.6. The lowest BCUT2D eigenvalue weighted by atomic mass is 9.87. The number of nitrogens with two attached hydrogens (primary N) is 1. The van der Waals surface area contributed by atoms with Gasteiger partial charge in [0.1, 0.15) is 17.3 Å². The van der Waals surface area contributed by atoms with Crippen molar-refractivity contribution in [3.8, 4) is 5.75 Å². The molecule has 1 aromatic carbocycles. The highest BCUT2D eigenvalue weighted by atomic mass is 35.5. The summed E-state index contributed by atoms with van der Waals surface area (Å²) in [5.41, 5.74) is 7.47. The van der Waals surface area contributed by atoms with Gasteiger partial charge < -0.3 is 10.5 Å². The molecular formula is C20H24Cl2FN3O2S. The van der Waals surface area contributed by atoms with Crippen LogP contribution < -0.4 is 10.5 Å². The summed E-state index contributed by atoms with van der Waals surface area (Å²) in [5.74, 6) is 0.922. The maximum atomic E-state index is 14.5. The molecule has 0 saturated heterocycles. The van der Waals surface area contributed by atoms with Gasteiger partial charge in [-0.05, 0) is 49.6 Å². The average Bonchev–Trinajstić information content (AvgIpc) is 2.62. The molecule has 1 aliphatic heterocycles. The molecule has 5 nitrogen and oxygen atoms in total. The lowest BCUT2D eigenvalue weighted by Crippen LogP contribution is -2.29. The third-order valence-electron chi connectivity index (χ3n) is 4.72. The van der Waals surface area contributed by atoms with Crippen LogP contribution in [0.1, 0.15) is 40.5 Å². The highest BCUT2D eigenvalue weighted by Gasteiger charge is 2.32. The van der Waals surface area contributed by atoms with Crippen LogP contribution in [-0.4, -0.2) is 28.8 Å². The maximum absolute atomic E-state index is 14.5. The molecule has 0 unspecified atom stereocenters. The van der Waals surface area contributed by atoms with E-state index in [0.717, 1.165) is 16.9 Å². The standard InChI is InChI=1S/C20H22FN3O2S.2ClH/c1-12-8-14(26-3)11-23-18(12)17(25)10-13-4-5-16(21)15(9-13)20(2)6-7-27-19(22)24-20;;/h4-5,8-9,11H,6-7,10H2,1-3H3,(H2,22,24);2*1H/t20-;;/m0../s1. The van der Waals surface area contributed by atoms with Crippen LogP contribution in [0.3, 0.4) is 0 Å².